The molecule has 0 saturated heterocycles. The van der Waals surface area contributed by atoms with E-state index in [9.17, 15) is 4.79 Å². The van der Waals surface area contributed by atoms with Crippen molar-refractivity contribution in [1.29, 1.82) is 0 Å². The average Bonchev–Trinajstić information content (AvgIpc) is 3.15. The monoisotopic (exact) mass is 392 g/mol. The van der Waals surface area contributed by atoms with E-state index in [1.54, 1.807) is 31.5 Å². The van der Waals surface area contributed by atoms with Crippen LogP contribution in [0.4, 0.5) is 0 Å². The number of benzene rings is 2. The Morgan fingerprint density at radius 1 is 1.11 bits per heavy atom. The van der Waals surface area contributed by atoms with E-state index in [0.29, 0.717) is 28.6 Å². The molecule has 0 spiro atoms. The summed E-state index contributed by atoms with van der Waals surface area (Å²) in [6.45, 7) is 0.422. The van der Waals surface area contributed by atoms with Crippen LogP contribution in [-0.4, -0.2) is 27.6 Å². The van der Waals surface area contributed by atoms with Crippen molar-refractivity contribution in [2.24, 2.45) is 0 Å². The first-order valence-electron chi connectivity index (χ1n) is 8.66. The maximum absolute atomic E-state index is 12.5. The molecule has 0 unspecified atom stereocenters. The zero-order chi connectivity index (χ0) is 19.5. The molecule has 0 bridgehead atoms. The number of pyridine rings is 1. The molecule has 7 heteroatoms. The Balaban J connectivity index is 1.53. The third-order valence-corrected chi connectivity index (χ3v) is 4.73. The zero-order valence-electron chi connectivity index (χ0n) is 15.1. The van der Waals surface area contributed by atoms with Crippen LogP contribution in [0.25, 0.3) is 17.0 Å². The van der Waals surface area contributed by atoms with Gasteiger partial charge in [0.05, 0.1) is 12.1 Å². The number of aromatic nitrogens is 3. The first-order valence-corrected chi connectivity index (χ1v) is 9.04. The number of methoxy groups -OCH3 is 1. The third kappa shape index (κ3) is 3.54. The highest BCUT2D eigenvalue weighted by Crippen LogP contribution is 2.26. The Bertz CT molecular complexity index is 1140. The summed E-state index contributed by atoms with van der Waals surface area (Å²) in [7, 11) is 1.62. The van der Waals surface area contributed by atoms with Crippen molar-refractivity contribution in [1.82, 2.24) is 19.9 Å². The van der Waals surface area contributed by atoms with E-state index >= 15 is 0 Å². The number of carbonyl (C=O) groups is 1. The lowest BCUT2D eigenvalue weighted by Crippen LogP contribution is -2.22. The van der Waals surface area contributed by atoms with Gasteiger partial charge in [0.2, 0.25) is 0 Å². The number of nitrogens with one attached hydrogen (secondary N) is 1. The largest absolute Gasteiger partial charge is 0.497 e. The second-order valence-electron chi connectivity index (χ2n) is 6.18. The van der Waals surface area contributed by atoms with Crippen molar-refractivity contribution >= 4 is 23.2 Å². The van der Waals surface area contributed by atoms with E-state index in [1.165, 1.54) is 0 Å². The summed E-state index contributed by atoms with van der Waals surface area (Å²) in [6, 6.07) is 18.4. The molecule has 0 aliphatic rings. The average molecular weight is 393 g/mol. The van der Waals surface area contributed by atoms with Gasteiger partial charge < -0.3 is 10.1 Å². The molecular formula is C21H17ClN4O2. The number of ether oxygens (including phenoxy) is 1. The molecule has 140 valence electrons. The van der Waals surface area contributed by atoms with Crippen molar-refractivity contribution in [3.05, 3.63) is 83.0 Å². The molecule has 0 aliphatic carbocycles. The van der Waals surface area contributed by atoms with Crippen LogP contribution >= 0.6 is 11.6 Å². The molecule has 28 heavy (non-hydrogen) atoms. The van der Waals surface area contributed by atoms with Gasteiger partial charge in [-0.1, -0.05) is 35.9 Å². The minimum absolute atomic E-state index is 0.180. The summed E-state index contributed by atoms with van der Waals surface area (Å²) >= 11 is 6.26. The molecule has 2 aromatic heterocycles. The summed E-state index contributed by atoms with van der Waals surface area (Å²) in [5.74, 6) is 1.23. The highest BCUT2D eigenvalue weighted by Gasteiger charge is 2.13. The highest BCUT2D eigenvalue weighted by molar-refractivity contribution is 6.33. The molecule has 0 fully saturated rings. The molecule has 6 nitrogen and oxygen atoms in total. The molecular weight excluding hydrogens is 376 g/mol. The summed E-state index contributed by atoms with van der Waals surface area (Å²) in [5.41, 5.74) is 2.86. The van der Waals surface area contributed by atoms with Gasteiger partial charge in [-0.2, -0.15) is 0 Å². The van der Waals surface area contributed by atoms with Crippen LogP contribution in [0.15, 0.2) is 66.9 Å². The van der Waals surface area contributed by atoms with Crippen molar-refractivity contribution in [2.75, 3.05) is 7.11 Å². The van der Waals surface area contributed by atoms with Gasteiger partial charge in [0.15, 0.2) is 11.5 Å². The van der Waals surface area contributed by atoms with E-state index in [2.05, 4.69) is 15.5 Å². The minimum Gasteiger partial charge on any atom is -0.497 e. The van der Waals surface area contributed by atoms with Gasteiger partial charge in [-0.3, -0.25) is 9.20 Å². The molecule has 1 amide bonds. The normalized spacial score (nSPS) is 10.8. The van der Waals surface area contributed by atoms with Gasteiger partial charge in [-0.15, -0.1) is 10.2 Å². The number of rotatable bonds is 5. The van der Waals surface area contributed by atoms with Crippen molar-refractivity contribution in [3.63, 3.8) is 0 Å². The number of hydrogen-bond acceptors (Lipinski definition) is 4. The van der Waals surface area contributed by atoms with Crippen LogP contribution < -0.4 is 10.1 Å². The topological polar surface area (TPSA) is 68.5 Å². The van der Waals surface area contributed by atoms with Crippen LogP contribution in [-0.2, 0) is 6.54 Å². The van der Waals surface area contributed by atoms with Crippen molar-refractivity contribution in [2.45, 2.75) is 6.54 Å². The second-order valence-corrected chi connectivity index (χ2v) is 6.59. The first-order chi connectivity index (χ1) is 13.7. The van der Waals surface area contributed by atoms with Gasteiger partial charge in [-0.05, 0) is 42.0 Å². The molecule has 0 saturated carbocycles. The number of carbonyl (C=O) groups excluding carboxylic acids is 1. The molecule has 0 aliphatic heterocycles. The molecule has 0 radical (unpaired) electrons. The van der Waals surface area contributed by atoms with Gasteiger partial charge in [0, 0.05) is 23.9 Å². The SMILES string of the molecule is COc1ccc(CNC(=O)c2ccn3c(-c4ccccc4Cl)nnc3c2)cc1. The van der Waals surface area contributed by atoms with Gasteiger partial charge in [0.25, 0.3) is 5.91 Å². The molecule has 0 atom stereocenters. The smallest absolute Gasteiger partial charge is 0.251 e. The zero-order valence-corrected chi connectivity index (χ0v) is 15.8. The summed E-state index contributed by atoms with van der Waals surface area (Å²) in [6.07, 6.45) is 1.77. The van der Waals surface area contributed by atoms with E-state index in [0.717, 1.165) is 16.9 Å². The van der Waals surface area contributed by atoms with Crippen LogP contribution in [0.3, 0.4) is 0 Å². The summed E-state index contributed by atoms with van der Waals surface area (Å²) < 4.78 is 6.94. The fraction of sp³-hybridized carbons (Fsp3) is 0.0952. The lowest BCUT2D eigenvalue weighted by atomic mass is 10.2. The van der Waals surface area contributed by atoms with Gasteiger partial charge in [0.1, 0.15) is 5.75 Å². The molecule has 2 aromatic carbocycles. The standard InChI is InChI=1S/C21H17ClN4O2/c1-28-16-8-6-14(7-9-16)13-23-21(27)15-10-11-26-19(12-15)24-25-20(26)17-4-2-3-5-18(17)22/h2-12H,13H2,1H3,(H,23,27). The second kappa shape index (κ2) is 7.70. The van der Waals surface area contributed by atoms with Gasteiger partial charge >= 0.3 is 0 Å². The minimum atomic E-state index is -0.180. The Labute approximate surface area is 166 Å². The lowest BCUT2D eigenvalue weighted by Gasteiger charge is -2.07. The Kier molecular flexibility index (Phi) is 4.95. The number of halogens is 1. The fourth-order valence-electron chi connectivity index (χ4n) is 2.89. The van der Waals surface area contributed by atoms with E-state index in [4.69, 9.17) is 16.3 Å². The Morgan fingerprint density at radius 2 is 1.89 bits per heavy atom. The first kappa shape index (κ1) is 18.0. The highest BCUT2D eigenvalue weighted by atomic mass is 35.5. The molecule has 1 N–H and O–H groups in total. The summed E-state index contributed by atoms with van der Waals surface area (Å²) in [5, 5.41) is 11.9. The predicted molar refractivity (Wildman–Crippen MR) is 108 cm³/mol. The number of nitrogens with zero attached hydrogens (tertiary/aromatic N) is 3. The molecule has 4 aromatic rings. The maximum Gasteiger partial charge on any atom is 0.251 e. The van der Waals surface area contributed by atoms with Crippen LogP contribution in [0, 0.1) is 0 Å². The third-order valence-electron chi connectivity index (χ3n) is 4.40. The van der Waals surface area contributed by atoms with E-state index in [1.807, 2.05) is 46.9 Å². The maximum atomic E-state index is 12.5. The fourth-order valence-corrected chi connectivity index (χ4v) is 3.11. The van der Waals surface area contributed by atoms with Crippen molar-refractivity contribution < 1.29 is 9.53 Å². The van der Waals surface area contributed by atoms with Crippen LogP contribution in [0.5, 0.6) is 5.75 Å². The molecule has 4 rings (SSSR count). The number of amides is 1. The van der Waals surface area contributed by atoms with E-state index < -0.39 is 0 Å². The number of hydrogen-bond donors (Lipinski definition) is 1. The predicted octanol–water partition coefficient (Wildman–Crippen LogP) is 3.99. The Hall–Kier alpha value is -3.38. The Morgan fingerprint density at radius 3 is 2.64 bits per heavy atom. The summed E-state index contributed by atoms with van der Waals surface area (Å²) in [4.78, 5) is 12.5. The lowest BCUT2D eigenvalue weighted by molar-refractivity contribution is 0.0951. The molecule has 2 heterocycles. The van der Waals surface area contributed by atoms with Crippen molar-refractivity contribution in [3.8, 4) is 17.1 Å². The number of fused-ring (bicyclic) bond motifs is 1. The van der Waals surface area contributed by atoms with E-state index in [-0.39, 0.29) is 5.91 Å². The quantitative estimate of drug-likeness (QED) is 0.557. The van der Waals surface area contributed by atoms with Gasteiger partial charge in [-0.25, -0.2) is 0 Å². The van der Waals surface area contributed by atoms with Crippen LogP contribution in [0.2, 0.25) is 5.02 Å². The van der Waals surface area contributed by atoms with Crippen LogP contribution in [0.1, 0.15) is 15.9 Å².